The lowest BCUT2D eigenvalue weighted by molar-refractivity contribution is -0.119. The topological polar surface area (TPSA) is 76.9 Å². The maximum atomic E-state index is 13.0. The number of aromatic nitrogens is 3. The second-order valence-corrected chi connectivity index (χ2v) is 7.37. The number of aryl methyl sites for hydroxylation is 1. The lowest BCUT2D eigenvalue weighted by atomic mass is 10.2. The Morgan fingerprint density at radius 1 is 1.22 bits per heavy atom. The number of rotatable bonds is 4. The first-order chi connectivity index (χ1) is 13.1. The molecule has 3 heterocycles. The molecule has 1 atom stereocenters. The zero-order valence-electron chi connectivity index (χ0n) is 15.0. The van der Waals surface area contributed by atoms with Gasteiger partial charge in [-0.25, -0.2) is 9.97 Å². The van der Waals surface area contributed by atoms with E-state index in [1.807, 2.05) is 50.2 Å². The number of nitrogens with one attached hydrogen (secondary N) is 1. The largest absolute Gasteiger partial charge is 0.324 e. The minimum Gasteiger partial charge on any atom is -0.324 e. The van der Waals surface area contributed by atoms with Gasteiger partial charge in [-0.05, 0) is 37.6 Å². The van der Waals surface area contributed by atoms with E-state index in [0.29, 0.717) is 22.3 Å². The van der Waals surface area contributed by atoms with Crippen LogP contribution in [0.5, 0.6) is 0 Å². The Bertz CT molecular complexity index is 1190. The fourth-order valence-corrected chi connectivity index (χ4v) is 4.11. The van der Waals surface area contributed by atoms with Crippen molar-refractivity contribution in [1.29, 1.82) is 0 Å². The Morgan fingerprint density at radius 2 is 2.00 bits per heavy atom. The van der Waals surface area contributed by atoms with Crippen molar-refractivity contribution in [3.63, 3.8) is 0 Å². The Labute approximate surface area is 159 Å². The van der Waals surface area contributed by atoms with E-state index in [-0.39, 0.29) is 11.5 Å². The van der Waals surface area contributed by atoms with E-state index in [0.717, 1.165) is 15.8 Å². The van der Waals surface area contributed by atoms with E-state index < -0.39 is 6.04 Å². The number of nitrogens with zero attached hydrogens (tertiary/aromatic N) is 3. The molecule has 4 rings (SSSR count). The van der Waals surface area contributed by atoms with Gasteiger partial charge in [0.1, 0.15) is 15.6 Å². The molecule has 1 aromatic carbocycles. The van der Waals surface area contributed by atoms with Gasteiger partial charge in [-0.2, -0.15) is 0 Å². The van der Waals surface area contributed by atoms with Crippen molar-refractivity contribution >= 4 is 43.4 Å². The van der Waals surface area contributed by atoms with Crippen LogP contribution in [-0.2, 0) is 4.79 Å². The molecule has 7 heteroatoms. The highest BCUT2D eigenvalue weighted by Gasteiger charge is 2.22. The second-order valence-electron chi connectivity index (χ2n) is 6.37. The predicted molar refractivity (Wildman–Crippen MR) is 108 cm³/mol. The van der Waals surface area contributed by atoms with Crippen LogP contribution in [-0.4, -0.2) is 20.4 Å². The third-order valence-corrected chi connectivity index (χ3v) is 5.62. The van der Waals surface area contributed by atoms with Crippen LogP contribution in [0.1, 0.15) is 24.9 Å². The van der Waals surface area contributed by atoms with Crippen LogP contribution in [0, 0.1) is 6.92 Å². The van der Waals surface area contributed by atoms with Crippen molar-refractivity contribution in [2.24, 2.45) is 0 Å². The van der Waals surface area contributed by atoms with Crippen molar-refractivity contribution in [2.45, 2.75) is 26.3 Å². The van der Waals surface area contributed by atoms with E-state index in [4.69, 9.17) is 0 Å². The number of amides is 1. The average molecular weight is 378 g/mol. The van der Waals surface area contributed by atoms with Crippen LogP contribution in [0.2, 0.25) is 0 Å². The van der Waals surface area contributed by atoms with Gasteiger partial charge in [0.05, 0.1) is 11.8 Å². The summed E-state index contributed by atoms with van der Waals surface area (Å²) < 4.78 is 1.94. The molecule has 0 saturated heterocycles. The number of fused-ring (bicyclic) bond motifs is 3. The second kappa shape index (κ2) is 6.92. The number of carbonyl (C=O) groups is 1. The van der Waals surface area contributed by atoms with Crippen molar-refractivity contribution in [3.8, 4) is 0 Å². The number of anilines is 1. The van der Waals surface area contributed by atoms with Crippen LogP contribution < -0.4 is 10.9 Å². The van der Waals surface area contributed by atoms with Crippen molar-refractivity contribution in [1.82, 2.24) is 14.5 Å². The zero-order chi connectivity index (χ0) is 19.0. The van der Waals surface area contributed by atoms with Crippen LogP contribution in [0.15, 0.2) is 53.7 Å². The lowest BCUT2D eigenvalue weighted by Crippen LogP contribution is -2.33. The van der Waals surface area contributed by atoms with Gasteiger partial charge in [0.2, 0.25) is 5.91 Å². The lowest BCUT2D eigenvalue weighted by Gasteiger charge is -2.17. The summed E-state index contributed by atoms with van der Waals surface area (Å²) in [5.41, 5.74) is 2.24. The number of thiophene rings is 1. The molecule has 27 heavy (non-hydrogen) atoms. The predicted octanol–water partition coefficient (Wildman–Crippen LogP) is 3.90. The minimum atomic E-state index is -0.631. The van der Waals surface area contributed by atoms with Crippen LogP contribution in [0.3, 0.4) is 0 Å². The third kappa shape index (κ3) is 3.10. The van der Waals surface area contributed by atoms with Crippen molar-refractivity contribution in [3.05, 3.63) is 64.8 Å². The first-order valence-electron chi connectivity index (χ1n) is 8.70. The van der Waals surface area contributed by atoms with Gasteiger partial charge in [0, 0.05) is 17.3 Å². The summed E-state index contributed by atoms with van der Waals surface area (Å²) in [6.45, 7) is 3.86. The molecule has 6 nitrogen and oxygen atoms in total. The molecule has 0 radical (unpaired) electrons. The van der Waals surface area contributed by atoms with E-state index in [1.54, 1.807) is 6.20 Å². The number of hydrogen-bond acceptors (Lipinski definition) is 5. The number of pyridine rings is 1. The summed E-state index contributed by atoms with van der Waals surface area (Å²) in [6.07, 6.45) is 3.64. The molecule has 1 amide bonds. The highest BCUT2D eigenvalue weighted by atomic mass is 32.1. The molecule has 0 aliphatic rings. The molecular weight excluding hydrogens is 360 g/mol. The summed E-state index contributed by atoms with van der Waals surface area (Å²) in [4.78, 5) is 35.3. The SMILES string of the molecule is CC[C@H](C(=O)Nc1ccc(C)cc1)n1cnc2c(sc3ncccc32)c1=O. The highest BCUT2D eigenvalue weighted by molar-refractivity contribution is 7.25. The fourth-order valence-electron chi connectivity index (χ4n) is 3.08. The molecule has 1 N–H and O–H groups in total. The van der Waals surface area contributed by atoms with Gasteiger partial charge in [-0.3, -0.25) is 14.2 Å². The molecule has 0 aliphatic heterocycles. The fraction of sp³-hybridized carbons (Fsp3) is 0.200. The Kier molecular flexibility index (Phi) is 4.45. The molecule has 0 aliphatic carbocycles. The molecule has 0 saturated carbocycles. The minimum absolute atomic E-state index is 0.214. The number of benzene rings is 1. The van der Waals surface area contributed by atoms with Crippen LogP contribution in [0.4, 0.5) is 5.69 Å². The van der Waals surface area contributed by atoms with Gasteiger partial charge in [-0.15, -0.1) is 11.3 Å². The van der Waals surface area contributed by atoms with E-state index in [9.17, 15) is 9.59 Å². The molecule has 0 bridgehead atoms. The van der Waals surface area contributed by atoms with Gasteiger partial charge in [0.25, 0.3) is 5.56 Å². The molecule has 4 aromatic rings. The zero-order valence-corrected chi connectivity index (χ0v) is 15.8. The summed E-state index contributed by atoms with van der Waals surface area (Å²) in [7, 11) is 0. The summed E-state index contributed by atoms with van der Waals surface area (Å²) >= 11 is 1.31. The molecule has 0 unspecified atom stereocenters. The van der Waals surface area contributed by atoms with Crippen LogP contribution >= 0.6 is 11.3 Å². The average Bonchev–Trinajstić information content (AvgIpc) is 3.06. The van der Waals surface area contributed by atoms with Crippen molar-refractivity contribution in [2.75, 3.05) is 5.32 Å². The standard InChI is InChI=1S/C20H18N4O2S/c1-3-15(18(25)23-13-8-6-12(2)7-9-13)24-11-22-16-14-5-4-10-21-19(14)27-17(16)20(24)26/h4-11,15H,3H2,1-2H3,(H,23,25)/t15-/m1/s1. The third-order valence-electron chi connectivity index (χ3n) is 4.52. The molecule has 0 fully saturated rings. The Morgan fingerprint density at radius 3 is 2.74 bits per heavy atom. The monoisotopic (exact) mass is 378 g/mol. The Balaban J connectivity index is 1.73. The number of carbonyl (C=O) groups excluding carboxylic acids is 1. The van der Waals surface area contributed by atoms with E-state index in [2.05, 4.69) is 15.3 Å². The normalized spacial score (nSPS) is 12.4. The smallest absolute Gasteiger partial charge is 0.272 e. The van der Waals surface area contributed by atoms with Gasteiger partial charge < -0.3 is 5.32 Å². The summed E-state index contributed by atoms with van der Waals surface area (Å²) in [5, 5.41) is 3.75. The first-order valence-corrected chi connectivity index (χ1v) is 9.52. The summed E-state index contributed by atoms with van der Waals surface area (Å²) in [6, 6.07) is 10.7. The number of hydrogen-bond donors (Lipinski definition) is 1. The van der Waals surface area contributed by atoms with Crippen LogP contribution in [0.25, 0.3) is 20.4 Å². The molecule has 3 aromatic heterocycles. The molecular formula is C20H18N4O2S. The summed E-state index contributed by atoms with van der Waals surface area (Å²) in [5.74, 6) is -0.233. The van der Waals surface area contributed by atoms with E-state index >= 15 is 0 Å². The maximum absolute atomic E-state index is 13.0. The van der Waals surface area contributed by atoms with Gasteiger partial charge in [-0.1, -0.05) is 24.6 Å². The molecule has 0 spiro atoms. The highest BCUT2D eigenvalue weighted by Crippen LogP contribution is 2.28. The quantitative estimate of drug-likeness (QED) is 0.584. The van der Waals surface area contributed by atoms with Gasteiger partial charge in [0.15, 0.2) is 0 Å². The van der Waals surface area contributed by atoms with Gasteiger partial charge >= 0.3 is 0 Å². The molecule has 136 valence electrons. The first kappa shape index (κ1) is 17.4. The maximum Gasteiger partial charge on any atom is 0.272 e. The Hall–Kier alpha value is -3.06. The van der Waals surface area contributed by atoms with E-state index in [1.165, 1.54) is 22.2 Å². The van der Waals surface area contributed by atoms with Crippen molar-refractivity contribution < 1.29 is 4.79 Å².